The minimum Gasteiger partial charge on any atom is -0.381 e. The summed E-state index contributed by atoms with van der Waals surface area (Å²) in [4.78, 5) is 0. The van der Waals surface area contributed by atoms with Crippen LogP contribution in [0.1, 0.15) is 58.8 Å². The van der Waals surface area contributed by atoms with E-state index in [2.05, 4.69) is 4.74 Å². The summed E-state index contributed by atoms with van der Waals surface area (Å²) in [5.41, 5.74) is -2.13. The average Bonchev–Trinajstić information content (AvgIpc) is 2.33. The van der Waals surface area contributed by atoms with E-state index in [9.17, 15) is 18.3 Å². The van der Waals surface area contributed by atoms with Gasteiger partial charge in [0.2, 0.25) is 0 Å². The highest BCUT2D eigenvalue weighted by atomic mass is 19.3. The van der Waals surface area contributed by atoms with Gasteiger partial charge in [0.1, 0.15) is 0 Å². The average molecular weight is 270 g/mol. The monoisotopic (exact) mass is 270 g/mol. The Balaban J connectivity index is 4.56. The summed E-state index contributed by atoms with van der Waals surface area (Å²) >= 11 is 0. The fourth-order valence-corrected chi connectivity index (χ4v) is 1.74. The zero-order valence-corrected chi connectivity index (χ0v) is 11.4. The number of halogens is 3. The molecule has 0 fully saturated rings. The second-order valence-corrected chi connectivity index (χ2v) is 4.65. The topological polar surface area (TPSA) is 29.5 Å². The largest absolute Gasteiger partial charge is 0.384 e. The molecule has 0 aliphatic carbocycles. The lowest BCUT2D eigenvalue weighted by atomic mass is 9.89. The lowest BCUT2D eigenvalue weighted by Crippen LogP contribution is -2.50. The van der Waals surface area contributed by atoms with Gasteiger partial charge in [-0.2, -0.15) is 8.78 Å². The highest BCUT2D eigenvalue weighted by Crippen LogP contribution is 2.38. The normalized spacial score (nSPS) is 13.0. The molecule has 18 heavy (non-hydrogen) atoms. The third kappa shape index (κ3) is 5.57. The molecule has 0 aromatic heterocycles. The van der Waals surface area contributed by atoms with Crippen LogP contribution in [0, 0.1) is 0 Å². The molecule has 0 aliphatic heterocycles. The Morgan fingerprint density at radius 2 is 1.50 bits per heavy atom. The second kappa shape index (κ2) is 8.75. The fraction of sp³-hybridized carbons (Fsp3) is 1.00. The SMILES string of the molecule is CCCCC(O)(CCCC)C(F)(F)OCCCF. The van der Waals surface area contributed by atoms with Gasteiger partial charge < -0.3 is 9.84 Å². The Morgan fingerprint density at radius 1 is 1.00 bits per heavy atom. The van der Waals surface area contributed by atoms with Crippen LogP contribution < -0.4 is 0 Å². The van der Waals surface area contributed by atoms with E-state index in [1.165, 1.54) is 0 Å². The van der Waals surface area contributed by atoms with Gasteiger partial charge in [-0.1, -0.05) is 39.5 Å². The lowest BCUT2D eigenvalue weighted by molar-refractivity contribution is -0.334. The second-order valence-electron chi connectivity index (χ2n) is 4.65. The molecule has 0 saturated carbocycles. The van der Waals surface area contributed by atoms with Crippen molar-refractivity contribution in [3.8, 4) is 0 Å². The van der Waals surface area contributed by atoms with E-state index in [1.807, 2.05) is 13.8 Å². The Labute approximate surface area is 108 Å². The van der Waals surface area contributed by atoms with E-state index in [-0.39, 0.29) is 25.9 Å². The molecule has 5 heteroatoms. The zero-order chi connectivity index (χ0) is 14.1. The van der Waals surface area contributed by atoms with Gasteiger partial charge in [-0.05, 0) is 19.3 Å². The van der Waals surface area contributed by atoms with Gasteiger partial charge in [0.05, 0.1) is 13.3 Å². The number of unbranched alkanes of at least 4 members (excludes halogenated alkanes) is 2. The minimum atomic E-state index is -3.60. The maximum absolute atomic E-state index is 13.8. The Kier molecular flexibility index (Phi) is 8.61. The standard InChI is InChI=1S/C13H25F3O2/c1-3-5-8-12(17,9-6-4-2)13(15,16)18-11-7-10-14/h17H,3-11H2,1-2H3. The van der Waals surface area contributed by atoms with Crippen molar-refractivity contribution in [2.45, 2.75) is 70.5 Å². The summed E-state index contributed by atoms with van der Waals surface area (Å²) in [5.74, 6) is 0. The molecule has 0 rings (SSSR count). The molecule has 0 atom stereocenters. The van der Waals surface area contributed by atoms with Gasteiger partial charge in [0.25, 0.3) is 0 Å². The molecule has 0 bridgehead atoms. The highest BCUT2D eigenvalue weighted by Gasteiger charge is 2.52. The summed E-state index contributed by atoms with van der Waals surface area (Å²) in [6, 6.07) is 0. The van der Waals surface area contributed by atoms with Crippen molar-refractivity contribution >= 4 is 0 Å². The van der Waals surface area contributed by atoms with E-state index in [4.69, 9.17) is 0 Å². The number of aliphatic hydroxyl groups is 1. The fourth-order valence-electron chi connectivity index (χ4n) is 1.74. The van der Waals surface area contributed by atoms with Gasteiger partial charge in [0.15, 0.2) is 5.60 Å². The van der Waals surface area contributed by atoms with Crippen molar-refractivity contribution in [2.75, 3.05) is 13.3 Å². The van der Waals surface area contributed by atoms with Crippen LogP contribution in [0.5, 0.6) is 0 Å². The smallest absolute Gasteiger partial charge is 0.381 e. The molecule has 0 radical (unpaired) electrons. The minimum absolute atomic E-state index is 0.00608. The first-order valence-electron chi connectivity index (χ1n) is 6.73. The molecule has 0 saturated heterocycles. The summed E-state index contributed by atoms with van der Waals surface area (Å²) in [6.45, 7) is 2.69. The maximum Gasteiger partial charge on any atom is 0.384 e. The molecule has 0 aromatic carbocycles. The van der Waals surface area contributed by atoms with Crippen LogP contribution in [-0.4, -0.2) is 30.1 Å². The lowest BCUT2D eigenvalue weighted by Gasteiger charge is -2.35. The third-order valence-corrected chi connectivity index (χ3v) is 2.99. The first-order chi connectivity index (χ1) is 8.43. The van der Waals surface area contributed by atoms with E-state index in [1.54, 1.807) is 0 Å². The highest BCUT2D eigenvalue weighted by molar-refractivity contribution is 4.87. The summed E-state index contributed by atoms with van der Waals surface area (Å²) < 4.78 is 44.0. The Morgan fingerprint density at radius 3 is 1.89 bits per heavy atom. The predicted molar refractivity (Wildman–Crippen MR) is 65.5 cm³/mol. The summed E-state index contributed by atoms with van der Waals surface area (Å²) in [7, 11) is 0. The third-order valence-electron chi connectivity index (χ3n) is 2.99. The van der Waals surface area contributed by atoms with Crippen LogP contribution >= 0.6 is 0 Å². The van der Waals surface area contributed by atoms with Crippen molar-refractivity contribution in [1.29, 1.82) is 0 Å². The van der Waals surface area contributed by atoms with Crippen molar-refractivity contribution in [2.24, 2.45) is 0 Å². The maximum atomic E-state index is 13.8. The molecule has 0 spiro atoms. The first-order valence-corrected chi connectivity index (χ1v) is 6.73. The molecule has 0 amide bonds. The molecule has 110 valence electrons. The molecule has 0 aromatic rings. The molecule has 1 N–H and O–H groups in total. The van der Waals surface area contributed by atoms with Crippen molar-refractivity contribution < 1.29 is 23.0 Å². The van der Waals surface area contributed by atoms with Crippen molar-refractivity contribution in [3.63, 3.8) is 0 Å². The van der Waals surface area contributed by atoms with Crippen LogP contribution in [-0.2, 0) is 4.74 Å². The van der Waals surface area contributed by atoms with Crippen LogP contribution in [0.15, 0.2) is 0 Å². The molecule has 0 aliphatic rings. The molecule has 0 heterocycles. The van der Waals surface area contributed by atoms with Gasteiger partial charge in [-0.3, -0.25) is 4.39 Å². The van der Waals surface area contributed by atoms with E-state index in [0.29, 0.717) is 12.8 Å². The number of hydrogen-bond acceptors (Lipinski definition) is 2. The number of hydrogen-bond donors (Lipinski definition) is 1. The van der Waals surface area contributed by atoms with Crippen molar-refractivity contribution in [3.05, 3.63) is 0 Å². The quantitative estimate of drug-likeness (QED) is 0.573. The zero-order valence-electron chi connectivity index (χ0n) is 11.4. The van der Waals surface area contributed by atoms with Gasteiger partial charge in [-0.15, -0.1) is 0 Å². The van der Waals surface area contributed by atoms with Crippen LogP contribution in [0.2, 0.25) is 0 Å². The Bertz CT molecular complexity index is 202. The molecular formula is C13H25F3O2. The number of rotatable bonds is 11. The summed E-state index contributed by atoms with van der Waals surface area (Å²) in [6.07, 6.45) is -1.17. The van der Waals surface area contributed by atoms with E-state index in [0.717, 1.165) is 12.8 Å². The van der Waals surface area contributed by atoms with E-state index >= 15 is 0 Å². The molecular weight excluding hydrogens is 245 g/mol. The van der Waals surface area contributed by atoms with Gasteiger partial charge in [-0.25, -0.2) is 0 Å². The number of alkyl halides is 3. The molecule has 0 unspecified atom stereocenters. The predicted octanol–water partition coefficient (Wildman–Crippen LogP) is 4.07. The Hall–Kier alpha value is -0.290. The van der Waals surface area contributed by atoms with Gasteiger partial charge in [0, 0.05) is 0 Å². The number of ether oxygens (including phenoxy) is 1. The van der Waals surface area contributed by atoms with Crippen molar-refractivity contribution in [1.82, 2.24) is 0 Å². The van der Waals surface area contributed by atoms with Crippen LogP contribution in [0.4, 0.5) is 13.2 Å². The van der Waals surface area contributed by atoms with E-state index < -0.39 is 18.4 Å². The van der Waals surface area contributed by atoms with Gasteiger partial charge >= 0.3 is 6.11 Å². The molecule has 2 nitrogen and oxygen atoms in total. The first kappa shape index (κ1) is 17.7. The summed E-state index contributed by atoms with van der Waals surface area (Å²) in [5, 5.41) is 10.1. The van der Waals surface area contributed by atoms with Crippen LogP contribution in [0.3, 0.4) is 0 Å². The van der Waals surface area contributed by atoms with Crippen LogP contribution in [0.25, 0.3) is 0 Å².